The third-order valence-electron chi connectivity index (χ3n) is 1.65. The molecule has 0 bridgehead atoms. The van der Waals surface area contributed by atoms with E-state index in [0.717, 1.165) is 0 Å². The van der Waals surface area contributed by atoms with Gasteiger partial charge >= 0.3 is 0 Å². The highest BCUT2D eigenvalue weighted by atomic mass is 35.5. The van der Waals surface area contributed by atoms with Gasteiger partial charge in [-0.15, -0.1) is 0 Å². The van der Waals surface area contributed by atoms with Crippen molar-refractivity contribution in [1.29, 1.82) is 0 Å². The van der Waals surface area contributed by atoms with E-state index in [1.807, 2.05) is 12.1 Å². The van der Waals surface area contributed by atoms with Crippen LogP contribution in [0.25, 0.3) is 5.69 Å². The predicted octanol–water partition coefficient (Wildman–Crippen LogP) is 1.21. The zero-order valence-corrected chi connectivity index (χ0v) is 7.32. The van der Waals surface area contributed by atoms with Gasteiger partial charge in [0.15, 0.2) is 5.15 Å². The van der Waals surface area contributed by atoms with Crippen LogP contribution in [0.15, 0.2) is 35.6 Å². The second-order valence-electron chi connectivity index (χ2n) is 2.46. The molecule has 2 heterocycles. The van der Waals surface area contributed by atoms with Crippen molar-refractivity contribution in [1.82, 2.24) is 14.5 Å². The van der Waals surface area contributed by atoms with Crippen LogP contribution in [0.3, 0.4) is 0 Å². The summed E-state index contributed by atoms with van der Waals surface area (Å²) in [6.07, 6.45) is 4.74. The summed E-state index contributed by atoms with van der Waals surface area (Å²) in [5.41, 5.74) is 0.0883. The van der Waals surface area contributed by atoms with Gasteiger partial charge < -0.3 is 9.55 Å². The van der Waals surface area contributed by atoms with Gasteiger partial charge in [-0.1, -0.05) is 11.6 Å². The third kappa shape index (κ3) is 1.36. The van der Waals surface area contributed by atoms with Crippen LogP contribution in [0.1, 0.15) is 0 Å². The van der Waals surface area contributed by atoms with Crippen molar-refractivity contribution in [3.8, 4) is 5.69 Å². The summed E-state index contributed by atoms with van der Waals surface area (Å²) >= 11 is 5.77. The van der Waals surface area contributed by atoms with E-state index in [-0.39, 0.29) is 10.7 Å². The molecule has 0 aromatic carbocycles. The summed E-state index contributed by atoms with van der Waals surface area (Å²) in [4.78, 5) is 17.6. The maximum absolute atomic E-state index is 11.3. The molecule has 0 amide bonds. The number of hydrogen-bond donors (Lipinski definition) is 1. The molecule has 1 N–H and O–H groups in total. The van der Waals surface area contributed by atoms with Crippen LogP contribution in [0.4, 0.5) is 0 Å². The van der Waals surface area contributed by atoms with Gasteiger partial charge in [-0.05, 0) is 12.1 Å². The van der Waals surface area contributed by atoms with Crippen LogP contribution in [0, 0.1) is 0 Å². The largest absolute Gasteiger partial charge is 0.317 e. The molecule has 0 unspecified atom stereocenters. The molecule has 0 atom stereocenters. The molecule has 5 heteroatoms. The summed E-state index contributed by atoms with van der Waals surface area (Å²) in [5.74, 6) is 0. The van der Waals surface area contributed by atoms with E-state index in [4.69, 9.17) is 11.6 Å². The quantitative estimate of drug-likeness (QED) is 0.696. The number of nitrogens with one attached hydrogen (secondary N) is 1. The Morgan fingerprint density at radius 2 is 2.08 bits per heavy atom. The monoisotopic (exact) mass is 195 g/mol. The van der Waals surface area contributed by atoms with Gasteiger partial charge in [-0.3, -0.25) is 4.79 Å². The first-order valence-electron chi connectivity index (χ1n) is 3.65. The Bertz CT molecular complexity index is 460. The molecule has 13 heavy (non-hydrogen) atoms. The van der Waals surface area contributed by atoms with E-state index in [1.54, 1.807) is 17.0 Å². The fourth-order valence-electron chi connectivity index (χ4n) is 1.08. The molecule has 2 aromatic rings. The van der Waals surface area contributed by atoms with Crippen molar-refractivity contribution in [3.05, 3.63) is 46.4 Å². The number of nitrogens with zero attached hydrogens (tertiary/aromatic N) is 2. The number of hydrogen-bond acceptors (Lipinski definition) is 2. The van der Waals surface area contributed by atoms with Crippen molar-refractivity contribution >= 4 is 11.6 Å². The SMILES string of the molecule is O=c1[nH]cnc(Cl)c1-n1cccc1. The molecular formula is C8H6ClN3O. The maximum atomic E-state index is 11.3. The van der Waals surface area contributed by atoms with Crippen LogP contribution >= 0.6 is 11.6 Å². The minimum atomic E-state index is -0.254. The van der Waals surface area contributed by atoms with Crippen LogP contribution in [0.5, 0.6) is 0 Å². The average Bonchev–Trinajstić information content (AvgIpc) is 2.57. The Kier molecular flexibility index (Phi) is 1.90. The Hall–Kier alpha value is -1.55. The average molecular weight is 196 g/mol. The summed E-state index contributed by atoms with van der Waals surface area (Å²) in [5, 5.41) is 0.194. The highest BCUT2D eigenvalue weighted by molar-refractivity contribution is 6.31. The van der Waals surface area contributed by atoms with Gasteiger partial charge in [0.25, 0.3) is 5.56 Å². The first-order valence-corrected chi connectivity index (χ1v) is 4.03. The fourth-order valence-corrected chi connectivity index (χ4v) is 1.31. The number of aromatic nitrogens is 3. The zero-order valence-electron chi connectivity index (χ0n) is 6.57. The van der Waals surface area contributed by atoms with Crippen LogP contribution in [-0.4, -0.2) is 14.5 Å². The zero-order chi connectivity index (χ0) is 9.26. The summed E-state index contributed by atoms with van der Waals surface area (Å²) in [7, 11) is 0. The van der Waals surface area contributed by atoms with Crippen LogP contribution < -0.4 is 5.56 Å². The standard InChI is InChI=1S/C8H6ClN3O/c9-7-6(8(13)11-5-10-7)12-3-1-2-4-12/h1-5H,(H,10,11,13). The Morgan fingerprint density at radius 3 is 2.69 bits per heavy atom. The molecule has 0 aliphatic heterocycles. The molecule has 0 spiro atoms. The molecule has 0 aliphatic rings. The van der Waals surface area contributed by atoms with Gasteiger partial charge in [-0.2, -0.15) is 0 Å². The van der Waals surface area contributed by atoms with Crippen molar-refractivity contribution in [2.75, 3.05) is 0 Å². The molecule has 66 valence electrons. The predicted molar refractivity (Wildman–Crippen MR) is 49.2 cm³/mol. The second-order valence-corrected chi connectivity index (χ2v) is 2.82. The lowest BCUT2D eigenvalue weighted by atomic mass is 10.5. The topological polar surface area (TPSA) is 50.7 Å². The molecule has 2 rings (SSSR count). The van der Waals surface area contributed by atoms with Crippen molar-refractivity contribution in [2.45, 2.75) is 0 Å². The van der Waals surface area contributed by atoms with Crippen LogP contribution in [0.2, 0.25) is 5.15 Å². The smallest absolute Gasteiger partial charge is 0.276 e. The molecule has 0 radical (unpaired) electrons. The van der Waals surface area contributed by atoms with E-state index in [9.17, 15) is 4.79 Å². The van der Waals surface area contributed by atoms with E-state index in [1.165, 1.54) is 6.33 Å². The van der Waals surface area contributed by atoms with Crippen molar-refractivity contribution < 1.29 is 0 Å². The fraction of sp³-hybridized carbons (Fsp3) is 0. The maximum Gasteiger partial charge on any atom is 0.276 e. The molecular weight excluding hydrogens is 190 g/mol. The minimum Gasteiger partial charge on any atom is -0.317 e. The lowest BCUT2D eigenvalue weighted by Crippen LogP contribution is -2.14. The summed E-state index contributed by atoms with van der Waals surface area (Å²) in [6.45, 7) is 0. The number of H-pyrrole nitrogens is 1. The third-order valence-corrected chi connectivity index (χ3v) is 1.92. The molecule has 0 aliphatic carbocycles. The molecule has 2 aromatic heterocycles. The van der Waals surface area contributed by atoms with E-state index >= 15 is 0 Å². The number of halogens is 1. The molecule has 0 saturated carbocycles. The molecule has 0 saturated heterocycles. The van der Waals surface area contributed by atoms with E-state index in [0.29, 0.717) is 5.69 Å². The second kappa shape index (κ2) is 3.06. The lowest BCUT2D eigenvalue weighted by Gasteiger charge is -2.01. The number of aromatic amines is 1. The van der Waals surface area contributed by atoms with Gasteiger partial charge in [-0.25, -0.2) is 4.98 Å². The van der Waals surface area contributed by atoms with Gasteiger partial charge in [0.05, 0.1) is 6.33 Å². The highest BCUT2D eigenvalue weighted by Gasteiger charge is 2.06. The Balaban J connectivity index is 2.71. The Labute approximate surface area is 78.8 Å². The van der Waals surface area contributed by atoms with Crippen LogP contribution in [-0.2, 0) is 0 Å². The Morgan fingerprint density at radius 1 is 1.38 bits per heavy atom. The van der Waals surface area contributed by atoms with Crippen molar-refractivity contribution in [3.63, 3.8) is 0 Å². The van der Waals surface area contributed by atoms with Gasteiger partial charge in [0, 0.05) is 12.4 Å². The van der Waals surface area contributed by atoms with E-state index in [2.05, 4.69) is 9.97 Å². The highest BCUT2D eigenvalue weighted by Crippen LogP contribution is 2.11. The summed E-state index contributed by atoms with van der Waals surface area (Å²) in [6, 6.07) is 3.62. The summed E-state index contributed by atoms with van der Waals surface area (Å²) < 4.78 is 1.62. The molecule has 0 fully saturated rings. The normalized spacial score (nSPS) is 10.2. The first-order chi connectivity index (χ1) is 6.29. The molecule has 4 nitrogen and oxygen atoms in total. The van der Waals surface area contributed by atoms with Gasteiger partial charge in [0.1, 0.15) is 5.69 Å². The first kappa shape index (κ1) is 8.07. The minimum absolute atomic E-state index is 0.194. The number of rotatable bonds is 1. The van der Waals surface area contributed by atoms with Crippen molar-refractivity contribution in [2.24, 2.45) is 0 Å². The van der Waals surface area contributed by atoms with Gasteiger partial charge in [0.2, 0.25) is 0 Å². The lowest BCUT2D eigenvalue weighted by molar-refractivity contribution is 0.989. The van der Waals surface area contributed by atoms with E-state index < -0.39 is 0 Å².